The maximum absolute atomic E-state index is 13.9. The van der Waals surface area contributed by atoms with Crippen LogP contribution in [0.3, 0.4) is 0 Å². The Labute approximate surface area is 126 Å². The Kier molecular flexibility index (Phi) is 4.86. The van der Waals surface area contributed by atoms with Gasteiger partial charge in [-0.1, -0.05) is 39.0 Å². The lowest BCUT2D eigenvalue weighted by atomic mass is 9.84. The molecule has 2 amide bonds. The minimum atomic E-state index is -0.427. The van der Waals surface area contributed by atoms with Gasteiger partial charge in [-0.2, -0.15) is 0 Å². The molecule has 0 bridgehead atoms. The number of hydrogen-bond acceptors (Lipinski definition) is 1. The smallest absolute Gasteiger partial charge is 0.317 e. The summed E-state index contributed by atoms with van der Waals surface area (Å²) in [6.45, 7) is 8.17. The van der Waals surface area contributed by atoms with Crippen molar-refractivity contribution in [2.75, 3.05) is 19.6 Å². The van der Waals surface area contributed by atoms with Crippen molar-refractivity contribution >= 4 is 6.03 Å². The van der Waals surface area contributed by atoms with Crippen LogP contribution >= 0.6 is 0 Å². The second-order valence-electron chi connectivity index (χ2n) is 6.69. The number of nitrogens with one attached hydrogen (secondary N) is 1. The summed E-state index contributed by atoms with van der Waals surface area (Å²) in [5, 5.41) is 2.95. The zero-order valence-electron chi connectivity index (χ0n) is 13.2. The monoisotopic (exact) mass is 292 g/mol. The first kappa shape index (κ1) is 15.8. The van der Waals surface area contributed by atoms with Crippen LogP contribution in [0.15, 0.2) is 24.3 Å². The second-order valence-corrected chi connectivity index (χ2v) is 6.69. The van der Waals surface area contributed by atoms with Crippen LogP contribution in [0, 0.1) is 11.7 Å². The van der Waals surface area contributed by atoms with Crippen molar-refractivity contribution in [2.24, 2.45) is 5.92 Å². The summed E-state index contributed by atoms with van der Waals surface area (Å²) >= 11 is 0. The van der Waals surface area contributed by atoms with Crippen LogP contribution in [-0.4, -0.2) is 30.6 Å². The third kappa shape index (κ3) is 3.96. The summed E-state index contributed by atoms with van der Waals surface area (Å²) in [6.07, 6.45) is 2.12. The third-order valence-corrected chi connectivity index (χ3v) is 4.36. The molecule has 1 saturated heterocycles. The van der Waals surface area contributed by atoms with E-state index in [1.54, 1.807) is 12.1 Å². The highest BCUT2D eigenvalue weighted by atomic mass is 19.1. The lowest BCUT2D eigenvalue weighted by Crippen LogP contribution is -2.47. The van der Waals surface area contributed by atoms with Gasteiger partial charge in [-0.3, -0.25) is 0 Å². The van der Waals surface area contributed by atoms with Crippen LogP contribution in [0.1, 0.15) is 39.2 Å². The van der Waals surface area contributed by atoms with Crippen molar-refractivity contribution in [3.63, 3.8) is 0 Å². The highest BCUT2D eigenvalue weighted by Gasteiger charge is 2.26. The number of rotatable bonds is 3. The summed E-state index contributed by atoms with van der Waals surface area (Å²) in [7, 11) is 0. The van der Waals surface area contributed by atoms with Gasteiger partial charge in [0.25, 0.3) is 0 Å². The fourth-order valence-electron chi connectivity index (χ4n) is 2.73. The number of likely N-dealkylation sites (tertiary alicyclic amines) is 1. The summed E-state index contributed by atoms with van der Waals surface area (Å²) in [6, 6.07) is 6.72. The molecular formula is C17H25FN2O. The number of carbonyl (C=O) groups is 1. The Bertz CT molecular complexity index is 493. The highest BCUT2D eigenvalue weighted by molar-refractivity contribution is 5.74. The first-order chi connectivity index (χ1) is 9.90. The molecule has 1 heterocycles. The van der Waals surface area contributed by atoms with Gasteiger partial charge in [0.1, 0.15) is 5.82 Å². The Morgan fingerprint density at radius 1 is 1.33 bits per heavy atom. The average Bonchev–Trinajstić information content (AvgIpc) is 2.46. The topological polar surface area (TPSA) is 32.3 Å². The molecule has 21 heavy (non-hydrogen) atoms. The van der Waals surface area contributed by atoms with E-state index in [1.807, 2.05) is 24.8 Å². The van der Waals surface area contributed by atoms with Crippen molar-refractivity contribution in [3.05, 3.63) is 35.6 Å². The number of halogens is 1. The number of carbonyl (C=O) groups excluding carboxylic acids is 1. The standard InChI is InChI=1S/C17H25FN2O/c1-13-8-10-20(11-9-13)16(21)19-12-17(2,3)14-6-4-5-7-15(14)18/h4-7,13H,8-12H2,1-3H3,(H,19,21). The van der Waals surface area contributed by atoms with Gasteiger partial charge in [-0.05, 0) is 30.4 Å². The van der Waals surface area contributed by atoms with Crippen LogP contribution in [0.5, 0.6) is 0 Å². The Morgan fingerprint density at radius 3 is 2.57 bits per heavy atom. The molecule has 0 radical (unpaired) electrons. The zero-order valence-corrected chi connectivity index (χ0v) is 13.2. The summed E-state index contributed by atoms with van der Waals surface area (Å²) in [4.78, 5) is 14.0. The van der Waals surface area contributed by atoms with Gasteiger partial charge in [0.2, 0.25) is 0 Å². The van der Waals surface area contributed by atoms with Gasteiger partial charge in [-0.25, -0.2) is 9.18 Å². The molecule has 1 aromatic carbocycles. The lowest BCUT2D eigenvalue weighted by Gasteiger charge is -2.32. The van der Waals surface area contributed by atoms with Crippen molar-refractivity contribution in [3.8, 4) is 0 Å². The predicted molar refractivity (Wildman–Crippen MR) is 82.8 cm³/mol. The van der Waals surface area contributed by atoms with E-state index in [4.69, 9.17) is 0 Å². The zero-order chi connectivity index (χ0) is 15.5. The van der Waals surface area contributed by atoms with E-state index in [2.05, 4.69) is 12.2 Å². The average molecular weight is 292 g/mol. The first-order valence-corrected chi connectivity index (χ1v) is 7.68. The molecular weight excluding hydrogens is 267 g/mol. The van der Waals surface area contributed by atoms with Crippen molar-refractivity contribution in [1.82, 2.24) is 10.2 Å². The fraction of sp³-hybridized carbons (Fsp3) is 0.588. The third-order valence-electron chi connectivity index (χ3n) is 4.36. The molecule has 0 unspecified atom stereocenters. The molecule has 0 atom stereocenters. The molecule has 0 spiro atoms. The Morgan fingerprint density at radius 2 is 1.95 bits per heavy atom. The number of benzene rings is 1. The molecule has 1 aliphatic rings. The Hall–Kier alpha value is -1.58. The number of amides is 2. The first-order valence-electron chi connectivity index (χ1n) is 7.68. The molecule has 0 aliphatic carbocycles. The SMILES string of the molecule is CC1CCN(C(=O)NCC(C)(C)c2ccccc2F)CC1. The van der Waals surface area contributed by atoms with Gasteiger partial charge < -0.3 is 10.2 Å². The van der Waals surface area contributed by atoms with Gasteiger partial charge >= 0.3 is 6.03 Å². The molecule has 1 N–H and O–H groups in total. The van der Waals surface area contributed by atoms with E-state index in [-0.39, 0.29) is 11.8 Å². The number of urea groups is 1. The number of piperidine rings is 1. The molecule has 1 aliphatic heterocycles. The van der Waals surface area contributed by atoms with Crippen LogP contribution in [0.4, 0.5) is 9.18 Å². The van der Waals surface area contributed by atoms with Crippen molar-refractivity contribution < 1.29 is 9.18 Å². The van der Waals surface area contributed by atoms with Crippen LogP contribution < -0.4 is 5.32 Å². The molecule has 2 rings (SSSR count). The van der Waals surface area contributed by atoms with E-state index in [0.29, 0.717) is 18.0 Å². The summed E-state index contributed by atoms with van der Waals surface area (Å²) in [5.74, 6) is 0.479. The van der Waals surface area contributed by atoms with E-state index in [0.717, 1.165) is 25.9 Å². The highest BCUT2D eigenvalue weighted by Crippen LogP contribution is 2.25. The van der Waals surface area contributed by atoms with Gasteiger partial charge in [-0.15, -0.1) is 0 Å². The normalized spacial score (nSPS) is 16.9. The minimum absolute atomic E-state index is 0.0358. The number of hydrogen-bond donors (Lipinski definition) is 1. The molecule has 0 saturated carbocycles. The maximum atomic E-state index is 13.9. The Balaban J connectivity index is 1.92. The number of nitrogens with zero attached hydrogens (tertiary/aromatic N) is 1. The second kappa shape index (κ2) is 6.46. The molecule has 3 nitrogen and oxygen atoms in total. The predicted octanol–water partition coefficient (Wildman–Crippen LogP) is 3.54. The lowest BCUT2D eigenvalue weighted by molar-refractivity contribution is 0.172. The van der Waals surface area contributed by atoms with Crippen molar-refractivity contribution in [1.29, 1.82) is 0 Å². The quantitative estimate of drug-likeness (QED) is 0.908. The minimum Gasteiger partial charge on any atom is -0.337 e. The molecule has 4 heteroatoms. The molecule has 1 fully saturated rings. The molecule has 1 aromatic rings. The van der Waals surface area contributed by atoms with E-state index < -0.39 is 5.41 Å². The van der Waals surface area contributed by atoms with Gasteiger partial charge in [0.15, 0.2) is 0 Å². The summed E-state index contributed by atoms with van der Waals surface area (Å²) in [5.41, 5.74) is 0.210. The summed E-state index contributed by atoms with van der Waals surface area (Å²) < 4.78 is 13.9. The molecule has 116 valence electrons. The van der Waals surface area contributed by atoms with E-state index in [1.165, 1.54) is 6.07 Å². The van der Waals surface area contributed by atoms with E-state index in [9.17, 15) is 9.18 Å². The van der Waals surface area contributed by atoms with Crippen molar-refractivity contribution in [2.45, 2.75) is 39.0 Å². The van der Waals surface area contributed by atoms with Gasteiger partial charge in [0, 0.05) is 25.0 Å². The van der Waals surface area contributed by atoms with Crippen LogP contribution in [0.25, 0.3) is 0 Å². The van der Waals surface area contributed by atoms with Gasteiger partial charge in [0.05, 0.1) is 0 Å². The fourth-order valence-corrected chi connectivity index (χ4v) is 2.73. The van der Waals surface area contributed by atoms with Crippen LogP contribution in [0.2, 0.25) is 0 Å². The maximum Gasteiger partial charge on any atom is 0.317 e. The van der Waals surface area contributed by atoms with Crippen LogP contribution in [-0.2, 0) is 5.41 Å². The largest absolute Gasteiger partial charge is 0.337 e. The van der Waals surface area contributed by atoms with E-state index >= 15 is 0 Å². The molecule has 0 aromatic heterocycles.